The molecule has 9 nitrogen and oxygen atoms in total. The number of methoxy groups -OCH3 is 1. The number of piperidine rings is 1. The van der Waals surface area contributed by atoms with E-state index in [1.807, 2.05) is 20.8 Å². The minimum Gasteiger partial charge on any atom is -0.465 e. The van der Waals surface area contributed by atoms with E-state index in [1.165, 1.54) is 7.11 Å². The van der Waals surface area contributed by atoms with Crippen LogP contribution in [-0.2, 0) is 10.2 Å². The van der Waals surface area contributed by atoms with Gasteiger partial charge in [-0.05, 0) is 25.9 Å². The summed E-state index contributed by atoms with van der Waals surface area (Å²) in [4.78, 5) is 29.4. The number of ether oxygens (including phenoxy) is 1. The van der Waals surface area contributed by atoms with Gasteiger partial charge < -0.3 is 10.1 Å². The number of amides is 1. The standard InChI is InChI=1S/C17H24N6O3S/c1-17(2,3)13-12(15(25)26-4)27-16(19-13)20-14(24)11-9-23(22-21-11)10-5-7-18-8-6-10/h9-10,18H,5-8H2,1-4H3,(H,19,20,24). The first-order valence-corrected chi connectivity index (χ1v) is 9.64. The third-order valence-electron chi connectivity index (χ3n) is 4.35. The first kappa shape index (κ1) is 19.4. The Morgan fingerprint density at radius 1 is 1.33 bits per heavy atom. The van der Waals surface area contributed by atoms with Gasteiger partial charge in [-0.25, -0.2) is 14.5 Å². The molecule has 1 fully saturated rings. The molecule has 2 N–H and O–H groups in total. The smallest absolute Gasteiger partial charge is 0.350 e. The summed E-state index contributed by atoms with van der Waals surface area (Å²) in [5.41, 5.74) is 0.454. The largest absolute Gasteiger partial charge is 0.465 e. The molecule has 0 saturated carbocycles. The Bertz CT molecular complexity index is 832. The van der Waals surface area contributed by atoms with E-state index in [0.717, 1.165) is 37.3 Å². The Balaban J connectivity index is 1.77. The molecule has 1 aliphatic rings. The molecule has 10 heteroatoms. The van der Waals surface area contributed by atoms with E-state index in [-0.39, 0.29) is 17.2 Å². The summed E-state index contributed by atoms with van der Waals surface area (Å²) in [5, 5.41) is 14.4. The summed E-state index contributed by atoms with van der Waals surface area (Å²) in [5.74, 6) is -0.865. The number of anilines is 1. The van der Waals surface area contributed by atoms with E-state index in [9.17, 15) is 9.59 Å². The Labute approximate surface area is 161 Å². The molecule has 3 rings (SSSR count). The van der Waals surface area contributed by atoms with Crippen molar-refractivity contribution in [2.75, 3.05) is 25.5 Å². The van der Waals surface area contributed by atoms with E-state index < -0.39 is 11.9 Å². The van der Waals surface area contributed by atoms with Gasteiger partial charge in [0.2, 0.25) is 0 Å². The van der Waals surface area contributed by atoms with Crippen molar-refractivity contribution in [3.63, 3.8) is 0 Å². The van der Waals surface area contributed by atoms with Crippen molar-refractivity contribution in [1.29, 1.82) is 0 Å². The molecule has 2 aromatic heterocycles. The van der Waals surface area contributed by atoms with Gasteiger partial charge >= 0.3 is 5.97 Å². The normalized spacial score (nSPS) is 15.6. The highest BCUT2D eigenvalue weighted by Gasteiger charge is 2.28. The lowest BCUT2D eigenvalue weighted by molar-refractivity contribution is 0.0603. The number of carbonyl (C=O) groups is 2. The lowest BCUT2D eigenvalue weighted by atomic mass is 9.91. The first-order valence-electron chi connectivity index (χ1n) is 8.83. The number of nitrogens with zero attached hydrogens (tertiary/aromatic N) is 4. The van der Waals surface area contributed by atoms with Crippen molar-refractivity contribution in [2.24, 2.45) is 0 Å². The van der Waals surface area contributed by atoms with E-state index in [4.69, 9.17) is 4.74 Å². The van der Waals surface area contributed by atoms with Gasteiger partial charge in [0.25, 0.3) is 5.91 Å². The molecule has 0 atom stereocenters. The van der Waals surface area contributed by atoms with Gasteiger partial charge in [-0.1, -0.05) is 37.3 Å². The highest BCUT2D eigenvalue weighted by molar-refractivity contribution is 7.17. The Morgan fingerprint density at radius 3 is 2.67 bits per heavy atom. The zero-order valence-corrected chi connectivity index (χ0v) is 16.7. The molecule has 0 spiro atoms. The van der Waals surface area contributed by atoms with Crippen LogP contribution < -0.4 is 10.6 Å². The molecule has 0 bridgehead atoms. The van der Waals surface area contributed by atoms with E-state index in [1.54, 1.807) is 10.9 Å². The fraction of sp³-hybridized carbons (Fsp3) is 0.588. The highest BCUT2D eigenvalue weighted by atomic mass is 32.1. The third kappa shape index (κ3) is 4.33. The van der Waals surface area contributed by atoms with Crippen LogP contribution in [0.15, 0.2) is 6.20 Å². The number of thiazole rings is 1. The van der Waals surface area contributed by atoms with Gasteiger partial charge in [-0.15, -0.1) is 5.10 Å². The summed E-state index contributed by atoms with van der Waals surface area (Å²) in [7, 11) is 1.33. The minimum atomic E-state index is -0.463. The van der Waals surface area contributed by atoms with Crippen molar-refractivity contribution >= 4 is 28.3 Å². The van der Waals surface area contributed by atoms with Gasteiger partial charge in [0, 0.05) is 5.41 Å². The van der Waals surface area contributed by atoms with Gasteiger partial charge in [0.1, 0.15) is 4.88 Å². The lowest BCUT2D eigenvalue weighted by Crippen LogP contribution is -2.29. The zero-order valence-electron chi connectivity index (χ0n) is 15.9. The monoisotopic (exact) mass is 392 g/mol. The topological polar surface area (TPSA) is 111 Å². The van der Waals surface area contributed by atoms with Gasteiger partial charge in [-0.3, -0.25) is 10.1 Å². The summed E-state index contributed by atoms with van der Waals surface area (Å²) in [6, 6.07) is 0.249. The van der Waals surface area contributed by atoms with Crippen LogP contribution in [0.4, 0.5) is 5.13 Å². The molecule has 27 heavy (non-hydrogen) atoms. The van der Waals surface area contributed by atoms with Gasteiger partial charge in [-0.2, -0.15) is 0 Å². The number of hydrogen-bond donors (Lipinski definition) is 2. The maximum absolute atomic E-state index is 12.5. The Hall–Kier alpha value is -2.33. The van der Waals surface area contributed by atoms with Crippen LogP contribution in [0.1, 0.15) is 65.5 Å². The third-order valence-corrected chi connectivity index (χ3v) is 5.31. The molecular formula is C17H24N6O3S. The van der Waals surface area contributed by atoms with Crippen LogP contribution in [-0.4, -0.2) is 52.1 Å². The number of esters is 1. The predicted octanol–water partition coefficient (Wildman–Crippen LogP) is 2.00. The van der Waals surface area contributed by atoms with Gasteiger partial charge in [0.15, 0.2) is 10.8 Å². The van der Waals surface area contributed by atoms with E-state index >= 15 is 0 Å². The molecular weight excluding hydrogens is 368 g/mol. The van der Waals surface area contributed by atoms with E-state index in [0.29, 0.717) is 15.7 Å². The second-order valence-corrected chi connectivity index (χ2v) is 8.46. The quantitative estimate of drug-likeness (QED) is 0.766. The maximum Gasteiger partial charge on any atom is 0.350 e. The average molecular weight is 392 g/mol. The average Bonchev–Trinajstić information content (AvgIpc) is 3.29. The van der Waals surface area contributed by atoms with Crippen LogP contribution in [0.2, 0.25) is 0 Å². The SMILES string of the molecule is COC(=O)c1sc(NC(=O)c2cn(C3CCNCC3)nn2)nc1C(C)(C)C. The van der Waals surface area contributed by atoms with Crippen molar-refractivity contribution in [3.8, 4) is 0 Å². The van der Waals surface area contributed by atoms with Crippen LogP contribution in [0.25, 0.3) is 0 Å². The molecule has 0 aromatic carbocycles. The summed E-state index contributed by atoms with van der Waals surface area (Å²) in [6.07, 6.45) is 3.56. The Kier molecular flexibility index (Phi) is 5.56. The highest BCUT2D eigenvalue weighted by Crippen LogP contribution is 2.32. The van der Waals surface area contributed by atoms with Crippen molar-refractivity contribution in [2.45, 2.75) is 45.1 Å². The molecule has 0 unspecified atom stereocenters. The maximum atomic E-state index is 12.5. The number of rotatable bonds is 4. The van der Waals surface area contributed by atoms with Gasteiger partial charge in [0.05, 0.1) is 25.0 Å². The zero-order chi connectivity index (χ0) is 19.6. The summed E-state index contributed by atoms with van der Waals surface area (Å²) in [6.45, 7) is 7.70. The van der Waals surface area contributed by atoms with Crippen molar-refractivity contribution in [1.82, 2.24) is 25.3 Å². The first-order chi connectivity index (χ1) is 12.8. The molecule has 0 aliphatic carbocycles. The second-order valence-electron chi connectivity index (χ2n) is 7.46. The predicted molar refractivity (Wildman–Crippen MR) is 101 cm³/mol. The number of carbonyl (C=O) groups excluding carboxylic acids is 2. The number of nitrogens with one attached hydrogen (secondary N) is 2. The molecule has 0 radical (unpaired) electrons. The molecule has 3 heterocycles. The molecule has 146 valence electrons. The van der Waals surface area contributed by atoms with Crippen LogP contribution >= 0.6 is 11.3 Å². The fourth-order valence-electron chi connectivity index (χ4n) is 2.90. The molecule has 1 aliphatic heterocycles. The summed E-state index contributed by atoms with van der Waals surface area (Å²) < 4.78 is 6.58. The molecule has 1 amide bonds. The minimum absolute atomic E-state index is 0.223. The van der Waals surface area contributed by atoms with Crippen LogP contribution in [0, 0.1) is 0 Å². The lowest BCUT2D eigenvalue weighted by Gasteiger charge is -2.21. The Morgan fingerprint density at radius 2 is 2.04 bits per heavy atom. The molecule has 2 aromatic rings. The van der Waals surface area contributed by atoms with E-state index in [2.05, 4.69) is 25.9 Å². The van der Waals surface area contributed by atoms with Crippen molar-refractivity contribution in [3.05, 3.63) is 22.5 Å². The fourth-order valence-corrected chi connectivity index (χ4v) is 3.99. The van der Waals surface area contributed by atoms with Crippen LogP contribution in [0.5, 0.6) is 0 Å². The van der Waals surface area contributed by atoms with Crippen molar-refractivity contribution < 1.29 is 14.3 Å². The van der Waals surface area contributed by atoms with Crippen LogP contribution in [0.3, 0.4) is 0 Å². The summed E-state index contributed by atoms with van der Waals surface area (Å²) >= 11 is 1.10. The second kappa shape index (κ2) is 7.73. The number of aromatic nitrogens is 4. The molecule has 1 saturated heterocycles. The number of hydrogen-bond acceptors (Lipinski definition) is 8.